The Hall–Kier alpha value is -3.45. The van der Waals surface area contributed by atoms with Crippen LogP contribution in [0.3, 0.4) is 0 Å². The van der Waals surface area contributed by atoms with Crippen molar-refractivity contribution < 1.29 is 9.53 Å². The fourth-order valence-corrected chi connectivity index (χ4v) is 2.87. The van der Waals surface area contributed by atoms with Crippen molar-refractivity contribution in [2.75, 3.05) is 11.9 Å². The summed E-state index contributed by atoms with van der Waals surface area (Å²) in [7, 11) is 0. The molecule has 2 heterocycles. The third kappa shape index (κ3) is 3.94. The molecule has 0 saturated carbocycles. The van der Waals surface area contributed by atoms with Crippen molar-refractivity contribution in [1.29, 1.82) is 0 Å². The average Bonchev–Trinajstić information content (AvgIpc) is 3.17. The first-order chi connectivity index (χ1) is 13.6. The molecule has 0 unspecified atom stereocenters. The fraction of sp³-hybridized carbons (Fsp3) is 0.100. The number of amides is 1. The third-order valence-electron chi connectivity index (χ3n) is 4.05. The highest BCUT2D eigenvalue weighted by molar-refractivity contribution is 6.32. The topological polar surface area (TPSA) is 81.4 Å². The Morgan fingerprint density at radius 1 is 1.18 bits per heavy atom. The number of nitrogens with zero attached hydrogens (tertiary/aromatic N) is 4. The van der Waals surface area contributed by atoms with Crippen molar-refractivity contribution in [2.24, 2.45) is 0 Å². The Morgan fingerprint density at radius 3 is 2.96 bits per heavy atom. The van der Waals surface area contributed by atoms with Gasteiger partial charge in [0.1, 0.15) is 12.1 Å². The summed E-state index contributed by atoms with van der Waals surface area (Å²) >= 11 is 6.09. The highest BCUT2D eigenvalue weighted by Gasteiger charge is 2.09. The van der Waals surface area contributed by atoms with Gasteiger partial charge >= 0.3 is 0 Å². The lowest BCUT2D eigenvalue weighted by atomic mass is 10.1. The molecule has 0 saturated heterocycles. The molecule has 28 heavy (non-hydrogen) atoms. The van der Waals surface area contributed by atoms with Gasteiger partial charge in [0.25, 0.3) is 5.91 Å². The van der Waals surface area contributed by atoms with Gasteiger partial charge in [-0.25, -0.2) is 0 Å². The van der Waals surface area contributed by atoms with Gasteiger partial charge in [-0.05, 0) is 48.9 Å². The van der Waals surface area contributed by atoms with Crippen molar-refractivity contribution >= 4 is 28.8 Å². The molecule has 0 fully saturated rings. The van der Waals surface area contributed by atoms with Gasteiger partial charge < -0.3 is 10.1 Å². The molecule has 0 spiro atoms. The molecule has 140 valence electrons. The van der Waals surface area contributed by atoms with Gasteiger partial charge in [0.05, 0.1) is 10.7 Å². The highest BCUT2D eigenvalue weighted by Crippen LogP contribution is 2.25. The lowest BCUT2D eigenvalue weighted by Gasteiger charge is -2.10. The largest absolute Gasteiger partial charge is 0.482 e. The van der Waals surface area contributed by atoms with Crippen LogP contribution in [0, 0.1) is 6.92 Å². The molecule has 0 aliphatic carbocycles. The van der Waals surface area contributed by atoms with E-state index in [2.05, 4.69) is 20.6 Å². The van der Waals surface area contributed by atoms with Crippen LogP contribution >= 0.6 is 11.6 Å². The monoisotopic (exact) mass is 393 g/mol. The minimum atomic E-state index is -0.281. The third-order valence-corrected chi connectivity index (χ3v) is 4.36. The zero-order valence-electron chi connectivity index (χ0n) is 15.0. The molecule has 0 atom stereocenters. The van der Waals surface area contributed by atoms with Gasteiger partial charge in [-0.3, -0.25) is 4.79 Å². The number of fused-ring (bicyclic) bond motifs is 1. The summed E-state index contributed by atoms with van der Waals surface area (Å²) in [6.45, 7) is 1.79. The van der Waals surface area contributed by atoms with E-state index in [1.165, 1.54) is 6.33 Å². The first-order valence-electron chi connectivity index (χ1n) is 8.55. The van der Waals surface area contributed by atoms with E-state index >= 15 is 0 Å². The second kappa shape index (κ2) is 7.66. The molecule has 0 bridgehead atoms. The van der Waals surface area contributed by atoms with Crippen molar-refractivity contribution in [3.63, 3.8) is 0 Å². The van der Waals surface area contributed by atoms with Crippen LogP contribution in [-0.4, -0.2) is 32.3 Å². The number of aryl methyl sites for hydroxylation is 1. The summed E-state index contributed by atoms with van der Waals surface area (Å²) in [6, 6.07) is 16.5. The number of anilines is 1. The second-order valence-corrected chi connectivity index (χ2v) is 6.61. The summed E-state index contributed by atoms with van der Waals surface area (Å²) in [6.07, 6.45) is 1.54. The van der Waals surface area contributed by atoms with Crippen molar-refractivity contribution in [1.82, 2.24) is 19.8 Å². The van der Waals surface area contributed by atoms with Gasteiger partial charge in [-0.2, -0.15) is 9.61 Å². The number of rotatable bonds is 5. The Balaban J connectivity index is 1.45. The molecular weight excluding hydrogens is 378 g/mol. The van der Waals surface area contributed by atoms with E-state index in [0.29, 0.717) is 22.1 Å². The molecule has 0 radical (unpaired) electrons. The SMILES string of the molecule is Cc1ccc(Cl)c(OCC(=O)Nc2cccc(-c3ccc4nncn4n3)c2)c1. The van der Waals surface area contributed by atoms with Crippen molar-refractivity contribution in [2.45, 2.75) is 6.92 Å². The molecule has 2 aromatic heterocycles. The predicted molar refractivity (Wildman–Crippen MR) is 107 cm³/mol. The van der Waals surface area contributed by atoms with Crippen LogP contribution < -0.4 is 10.1 Å². The van der Waals surface area contributed by atoms with Crippen LogP contribution in [0.25, 0.3) is 16.9 Å². The fourth-order valence-electron chi connectivity index (χ4n) is 2.70. The number of aromatic nitrogens is 4. The molecule has 4 rings (SSSR count). The number of hydrogen-bond donors (Lipinski definition) is 1. The van der Waals surface area contributed by atoms with Crippen LogP contribution in [-0.2, 0) is 4.79 Å². The predicted octanol–water partition coefficient (Wildman–Crippen LogP) is 3.77. The Bertz CT molecular complexity index is 1160. The van der Waals surface area contributed by atoms with Crippen LogP contribution in [0.5, 0.6) is 5.75 Å². The van der Waals surface area contributed by atoms with E-state index in [4.69, 9.17) is 16.3 Å². The zero-order chi connectivity index (χ0) is 19.5. The summed E-state index contributed by atoms with van der Waals surface area (Å²) in [5, 5.41) is 15.5. The van der Waals surface area contributed by atoms with E-state index in [1.54, 1.807) is 22.7 Å². The van der Waals surface area contributed by atoms with Crippen molar-refractivity contribution in [3.8, 4) is 17.0 Å². The molecule has 1 amide bonds. The maximum atomic E-state index is 12.3. The molecule has 4 aromatic rings. The highest BCUT2D eigenvalue weighted by atomic mass is 35.5. The maximum absolute atomic E-state index is 12.3. The number of ether oxygens (including phenoxy) is 1. The molecule has 2 aromatic carbocycles. The van der Waals surface area contributed by atoms with Crippen LogP contribution in [0.15, 0.2) is 60.9 Å². The lowest BCUT2D eigenvalue weighted by molar-refractivity contribution is -0.118. The Kier molecular flexibility index (Phi) is 4.90. The summed E-state index contributed by atoms with van der Waals surface area (Å²) in [4.78, 5) is 12.3. The summed E-state index contributed by atoms with van der Waals surface area (Å²) in [5.41, 5.74) is 3.92. The van der Waals surface area contributed by atoms with Crippen LogP contribution in [0.1, 0.15) is 5.56 Å². The number of benzene rings is 2. The normalized spacial score (nSPS) is 10.8. The van der Waals surface area contributed by atoms with Crippen LogP contribution in [0.2, 0.25) is 5.02 Å². The second-order valence-electron chi connectivity index (χ2n) is 6.20. The lowest BCUT2D eigenvalue weighted by Crippen LogP contribution is -2.20. The number of carbonyl (C=O) groups is 1. The van der Waals surface area contributed by atoms with Gasteiger partial charge in [0, 0.05) is 11.3 Å². The smallest absolute Gasteiger partial charge is 0.262 e. The molecule has 1 N–H and O–H groups in total. The maximum Gasteiger partial charge on any atom is 0.262 e. The van der Waals surface area contributed by atoms with Crippen molar-refractivity contribution in [3.05, 3.63) is 71.5 Å². The molecule has 0 aliphatic rings. The minimum absolute atomic E-state index is 0.141. The molecular formula is C20H16ClN5O2. The van der Waals surface area contributed by atoms with E-state index in [0.717, 1.165) is 16.8 Å². The Labute approximate surface area is 165 Å². The van der Waals surface area contributed by atoms with Gasteiger partial charge in [-0.15, -0.1) is 10.2 Å². The van der Waals surface area contributed by atoms with E-state index in [1.807, 2.05) is 43.3 Å². The minimum Gasteiger partial charge on any atom is -0.482 e. The number of nitrogens with one attached hydrogen (secondary N) is 1. The molecule has 8 heteroatoms. The quantitative estimate of drug-likeness (QED) is 0.558. The molecule has 0 aliphatic heterocycles. The first-order valence-corrected chi connectivity index (χ1v) is 8.92. The van der Waals surface area contributed by atoms with E-state index in [-0.39, 0.29) is 12.5 Å². The average molecular weight is 394 g/mol. The standard InChI is InChI=1S/C20H16ClN5O2/c1-13-5-6-16(21)18(9-13)28-11-20(27)23-15-4-2-3-14(10-15)17-7-8-19-24-22-12-26(19)25-17/h2-10,12H,11H2,1H3,(H,23,27). The van der Waals surface area contributed by atoms with Gasteiger partial charge in [0.15, 0.2) is 12.3 Å². The van der Waals surface area contributed by atoms with Crippen LogP contribution in [0.4, 0.5) is 5.69 Å². The Morgan fingerprint density at radius 2 is 2.07 bits per heavy atom. The number of carbonyl (C=O) groups excluding carboxylic acids is 1. The van der Waals surface area contributed by atoms with Gasteiger partial charge in [-0.1, -0.05) is 29.8 Å². The van der Waals surface area contributed by atoms with Gasteiger partial charge in [0.2, 0.25) is 0 Å². The zero-order valence-corrected chi connectivity index (χ0v) is 15.7. The molecule has 7 nitrogen and oxygen atoms in total. The van der Waals surface area contributed by atoms with E-state index < -0.39 is 0 Å². The number of hydrogen-bond acceptors (Lipinski definition) is 5. The first kappa shape index (κ1) is 17.9. The van der Waals surface area contributed by atoms with E-state index in [9.17, 15) is 4.79 Å². The number of halogens is 1. The summed E-state index contributed by atoms with van der Waals surface area (Å²) in [5.74, 6) is 0.203. The summed E-state index contributed by atoms with van der Waals surface area (Å²) < 4.78 is 7.13.